The van der Waals surface area contributed by atoms with Gasteiger partial charge in [0.1, 0.15) is 0 Å². The molecule has 0 aliphatic heterocycles. The Balaban J connectivity index is 2.78. The molecule has 0 fully saturated rings. The predicted molar refractivity (Wildman–Crippen MR) is 32.2 cm³/mol. The molecule has 0 N–H and O–H groups in total. The molecule has 0 nitrogen and oxygen atoms in total. The summed E-state index contributed by atoms with van der Waals surface area (Å²) < 4.78 is 35.4. The molecule has 0 aromatic heterocycles. The van der Waals surface area contributed by atoms with Gasteiger partial charge in [-0.1, -0.05) is 25.2 Å². The van der Waals surface area contributed by atoms with E-state index in [4.69, 9.17) is 0 Å². The van der Waals surface area contributed by atoms with Crippen LogP contribution in [0.2, 0.25) is 0 Å². The summed E-state index contributed by atoms with van der Waals surface area (Å²) in [5.74, 6) is 0.646. The van der Waals surface area contributed by atoms with Gasteiger partial charge in [0.05, 0.1) is 5.57 Å². The van der Waals surface area contributed by atoms with Crippen molar-refractivity contribution in [2.24, 2.45) is 0 Å². The van der Waals surface area contributed by atoms with Crippen molar-refractivity contribution >= 4 is 0 Å². The zero-order chi connectivity index (χ0) is 7.78. The SMILES string of the molecule is C[C]1C=CC(C(F)(F)F)=C1. The van der Waals surface area contributed by atoms with Gasteiger partial charge in [-0.15, -0.1) is 0 Å². The first-order valence-corrected chi connectivity index (χ1v) is 2.80. The summed E-state index contributed by atoms with van der Waals surface area (Å²) in [7, 11) is 0. The van der Waals surface area contributed by atoms with E-state index >= 15 is 0 Å². The van der Waals surface area contributed by atoms with Gasteiger partial charge in [-0.3, -0.25) is 0 Å². The third kappa shape index (κ3) is 1.40. The Kier molecular flexibility index (Phi) is 1.58. The van der Waals surface area contributed by atoms with Crippen LogP contribution in [0.3, 0.4) is 0 Å². The lowest BCUT2D eigenvalue weighted by Gasteiger charge is -2.03. The molecular weight excluding hydrogens is 141 g/mol. The molecule has 55 valence electrons. The van der Waals surface area contributed by atoms with E-state index in [0.717, 1.165) is 12.2 Å². The van der Waals surface area contributed by atoms with Gasteiger partial charge in [-0.2, -0.15) is 13.2 Å². The fourth-order valence-corrected chi connectivity index (χ4v) is 0.739. The van der Waals surface area contributed by atoms with Crippen LogP contribution in [-0.4, -0.2) is 6.18 Å². The van der Waals surface area contributed by atoms with Crippen molar-refractivity contribution in [2.75, 3.05) is 0 Å². The topological polar surface area (TPSA) is 0 Å². The summed E-state index contributed by atoms with van der Waals surface area (Å²) in [6.45, 7) is 1.63. The van der Waals surface area contributed by atoms with E-state index in [0.29, 0.717) is 5.92 Å². The molecule has 0 saturated heterocycles. The zero-order valence-electron chi connectivity index (χ0n) is 5.37. The average molecular weight is 147 g/mol. The van der Waals surface area contributed by atoms with E-state index in [1.165, 1.54) is 6.08 Å². The summed E-state index contributed by atoms with van der Waals surface area (Å²) >= 11 is 0. The highest BCUT2D eigenvalue weighted by molar-refractivity contribution is 5.42. The molecule has 0 heterocycles. The third-order valence-corrected chi connectivity index (χ3v) is 1.24. The minimum absolute atomic E-state index is 0.565. The minimum Gasteiger partial charge on any atom is -0.166 e. The Morgan fingerprint density at radius 1 is 1.20 bits per heavy atom. The third-order valence-electron chi connectivity index (χ3n) is 1.24. The van der Waals surface area contributed by atoms with Crippen molar-refractivity contribution in [3.63, 3.8) is 0 Å². The van der Waals surface area contributed by atoms with Crippen molar-refractivity contribution in [3.05, 3.63) is 29.7 Å². The quantitative estimate of drug-likeness (QED) is 0.494. The van der Waals surface area contributed by atoms with Crippen LogP contribution in [0.5, 0.6) is 0 Å². The molecule has 1 aliphatic rings. The lowest BCUT2D eigenvalue weighted by Crippen LogP contribution is -2.08. The van der Waals surface area contributed by atoms with Crippen LogP contribution in [0, 0.1) is 5.92 Å². The van der Waals surface area contributed by atoms with E-state index in [2.05, 4.69) is 0 Å². The summed E-state index contributed by atoms with van der Waals surface area (Å²) in [5.41, 5.74) is -0.565. The molecule has 0 unspecified atom stereocenters. The highest BCUT2D eigenvalue weighted by Gasteiger charge is 2.33. The number of alkyl halides is 3. The lowest BCUT2D eigenvalue weighted by atomic mass is 10.2. The van der Waals surface area contributed by atoms with Gasteiger partial charge in [0.2, 0.25) is 0 Å². The first kappa shape index (κ1) is 7.38. The molecule has 0 atom stereocenters. The molecule has 0 bridgehead atoms. The summed E-state index contributed by atoms with van der Waals surface area (Å²) in [4.78, 5) is 0. The Hall–Kier alpha value is -0.730. The van der Waals surface area contributed by atoms with Gasteiger partial charge in [0.15, 0.2) is 0 Å². The number of hydrogen-bond donors (Lipinski definition) is 0. The lowest BCUT2D eigenvalue weighted by molar-refractivity contribution is -0.0880. The highest BCUT2D eigenvalue weighted by Crippen LogP contribution is 2.31. The van der Waals surface area contributed by atoms with Crippen molar-refractivity contribution in [1.82, 2.24) is 0 Å². The van der Waals surface area contributed by atoms with E-state index in [9.17, 15) is 13.2 Å². The smallest absolute Gasteiger partial charge is 0.166 e. The van der Waals surface area contributed by atoms with Crippen molar-refractivity contribution in [3.8, 4) is 0 Å². The zero-order valence-corrected chi connectivity index (χ0v) is 5.37. The molecule has 0 spiro atoms. The Labute approximate surface area is 57.0 Å². The van der Waals surface area contributed by atoms with Crippen LogP contribution in [0.15, 0.2) is 23.8 Å². The van der Waals surface area contributed by atoms with Crippen LogP contribution < -0.4 is 0 Å². The Morgan fingerprint density at radius 2 is 1.80 bits per heavy atom. The molecule has 0 amide bonds. The number of hydrogen-bond acceptors (Lipinski definition) is 0. The standard InChI is InChI=1S/C7H6F3/c1-5-2-3-6(4-5)7(8,9)10/h2-4H,1H3. The van der Waals surface area contributed by atoms with Crippen LogP contribution in [-0.2, 0) is 0 Å². The van der Waals surface area contributed by atoms with Crippen molar-refractivity contribution < 1.29 is 13.2 Å². The number of rotatable bonds is 0. The molecular formula is C7H6F3. The van der Waals surface area contributed by atoms with Gasteiger partial charge in [-0.05, 0) is 0 Å². The van der Waals surface area contributed by atoms with E-state index < -0.39 is 11.7 Å². The molecule has 3 heteroatoms. The largest absolute Gasteiger partial charge is 0.416 e. The van der Waals surface area contributed by atoms with Crippen LogP contribution in [0.25, 0.3) is 0 Å². The fraction of sp³-hybridized carbons (Fsp3) is 0.286. The van der Waals surface area contributed by atoms with E-state index in [1.54, 1.807) is 6.92 Å². The summed E-state index contributed by atoms with van der Waals surface area (Å²) in [6, 6.07) is 0. The second-order valence-electron chi connectivity index (χ2n) is 2.17. The van der Waals surface area contributed by atoms with Gasteiger partial charge < -0.3 is 0 Å². The molecule has 0 saturated carbocycles. The highest BCUT2D eigenvalue weighted by atomic mass is 19.4. The van der Waals surface area contributed by atoms with Crippen molar-refractivity contribution in [1.29, 1.82) is 0 Å². The minimum atomic E-state index is -4.19. The first-order valence-electron chi connectivity index (χ1n) is 2.80. The molecule has 1 rings (SSSR count). The van der Waals surface area contributed by atoms with Gasteiger partial charge >= 0.3 is 6.18 Å². The van der Waals surface area contributed by atoms with Gasteiger partial charge in [0.25, 0.3) is 0 Å². The maximum Gasteiger partial charge on any atom is 0.416 e. The van der Waals surface area contributed by atoms with Gasteiger partial charge in [-0.25, -0.2) is 0 Å². The molecule has 1 radical (unpaired) electrons. The fourth-order valence-electron chi connectivity index (χ4n) is 0.739. The maximum absolute atomic E-state index is 11.8. The first-order chi connectivity index (χ1) is 4.50. The van der Waals surface area contributed by atoms with E-state index in [1.807, 2.05) is 0 Å². The van der Waals surface area contributed by atoms with Crippen LogP contribution in [0.1, 0.15) is 6.92 Å². The van der Waals surface area contributed by atoms with Gasteiger partial charge in [0, 0.05) is 5.92 Å². The monoisotopic (exact) mass is 147 g/mol. The molecule has 1 aliphatic carbocycles. The predicted octanol–water partition coefficient (Wildman–Crippen LogP) is 2.64. The normalized spacial score (nSPS) is 19.8. The molecule has 0 aromatic carbocycles. The molecule has 10 heavy (non-hydrogen) atoms. The second kappa shape index (κ2) is 2.15. The molecule has 0 aromatic rings. The maximum atomic E-state index is 11.8. The average Bonchev–Trinajstić information content (AvgIpc) is 2.11. The second-order valence-corrected chi connectivity index (χ2v) is 2.17. The summed E-state index contributed by atoms with van der Waals surface area (Å²) in [6.07, 6.45) is -0.535. The van der Waals surface area contributed by atoms with E-state index in [-0.39, 0.29) is 0 Å². The number of allylic oxidation sites excluding steroid dienone is 4. The Morgan fingerprint density at radius 3 is 2.00 bits per heavy atom. The van der Waals surface area contributed by atoms with Crippen LogP contribution in [0.4, 0.5) is 13.2 Å². The van der Waals surface area contributed by atoms with Crippen LogP contribution >= 0.6 is 0 Å². The number of halogens is 3. The Bertz CT molecular complexity index is 186. The summed E-state index contributed by atoms with van der Waals surface area (Å²) in [5, 5.41) is 0. The van der Waals surface area contributed by atoms with Crippen molar-refractivity contribution in [2.45, 2.75) is 13.1 Å².